The van der Waals surface area contributed by atoms with Crippen LogP contribution in [0.1, 0.15) is 38.8 Å². The zero-order chi connectivity index (χ0) is 16.1. The van der Waals surface area contributed by atoms with Gasteiger partial charge in [0.05, 0.1) is 17.7 Å². The molecule has 0 atom stereocenters. The fourth-order valence-corrected chi connectivity index (χ4v) is 2.75. The van der Waals surface area contributed by atoms with Gasteiger partial charge >= 0.3 is 0 Å². The van der Waals surface area contributed by atoms with Crippen molar-refractivity contribution >= 4 is 22.4 Å². The van der Waals surface area contributed by atoms with E-state index in [1.165, 1.54) is 0 Å². The molecule has 0 amide bonds. The predicted octanol–water partition coefficient (Wildman–Crippen LogP) is 3.70. The highest BCUT2D eigenvalue weighted by Gasteiger charge is 2.17. The van der Waals surface area contributed by atoms with E-state index in [1.54, 1.807) is 22.8 Å². The molecular formula is C17H23ClN2O2. The molecule has 0 fully saturated rings. The van der Waals surface area contributed by atoms with Crippen molar-refractivity contribution in [3.05, 3.63) is 39.3 Å². The van der Waals surface area contributed by atoms with E-state index in [1.807, 2.05) is 6.92 Å². The van der Waals surface area contributed by atoms with E-state index in [9.17, 15) is 4.79 Å². The summed E-state index contributed by atoms with van der Waals surface area (Å²) in [5.41, 5.74) is 6.63. The topological polar surface area (TPSA) is 57.2 Å². The number of nitrogens with two attached hydrogens (primary N) is 1. The first-order valence-electron chi connectivity index (χ1n) is 7.81. The van der Waals surface area contributed by atoms with Crippen LogP contribution < -0.4 is 16.0 Å². The van der Waals surface area contributed by atoms with Crippen LogP contribution in [0.15, 0.2) is 23.0 Å². The zero-order valence-electron chi connectivity index (χ0n) is 13.2. The average molecular weight is 323 g/mol. The molecule has 1 aromatic heterocycles. The van der Waals surface area contributed by atoms with E-state index in [0.29, 0.717) is 29.3 Å². The van der Waals surface area contributed by atoms with Crippen LogP contribution in [-0.4, -0.2) is 11.2 Å². The van der Waals surface area contributed by atoms with Crippen molar-refractivity contribution in [3.8, 4) is 5.75 Å². The molecule has 0 bridgehead atoms. The fourth-order valence-electron chi connectivity index (χ4n) is 2.58. The molecule has 2 aromatic rings. The Hall–Kier alpha value is -1.52. The van der Waals surface area contributed by atoms with Gasteiger partial charge in [-0.2, -0.15) is 0 Å². The summed E-state index contributed by atoms with van der Waals surface area (Å²) in [6.07, 6.45) is 2.87. The summed E-state index contributed by atoms with van der Waals surface area (Å²) in [5, 5.41) is 1.96. The standard InChI is InChI=1S/C17H23ClN2O2/c1-3-5-9-22-16-14-10-12(18)6-7-13(14)17(21)20(8-4-2)15(16)11-19/h6-7,10H,3-5,8-9,11,19H2,1-2H3. The van der Waals surface area contributed by atoms with Gasteiger partial charge in [0.1, 0.15) is 5.75 Å². The van der Waals surface area contributed by atoms with Gasteiger partial charge < -0.3 is 15.0 Å². The van der Waals surface area contributed by atoms with Crippen molar-refractivity contribution < 1.29 is 4.74 Å². The van der Waals surface area contributed by atoms with Crippen molar-refractivity contribution in [3.63, 3.8) is 0 Å². The lowest BCUT2D eigenvalue weighted by Crippen LogP contribution is -2.26. The number of unbranched alkanes of at least 4 members (excludes halogenated alkanes) is 1. The average Bonchev–Trinajstić information content (AvgIpc) is 2.51. The molecule has 1 heterocycles. The molecule has 0 radical (unpaired) electrons. The monoisotopic (exact) mass is 322 g/mol. The highest BCUT2D eigenvalue weighted by molar-refractivity contribution is 6.31. The highest BCUT2D eigenvalue weighted by atomic mass is 35.5. The van der Waals surface area contributed by atoms with Crippen LogP contribution >= 0.6 is 11.6 Å². The quantitative estimate of drug-likeness (QED) is 0.791. The molecule has 5 heteroatoms. The van der Waals surface area contributed by atoms with Crippen molar-refractivity contribution in [2.75, 3.05) is 6.61 Å². The number of halogens is 1. The molecule has 0 saturated heterocycles. The lowest BCUT2D eigenvalue weighted by atomic mass is 10.1. The Balaban J connectivity index is 2.71. The van der Waals surface area contributed by atoms with Gasteiger partial charge in [-0.25, -0.2) is 0 Å². The lowest BCUT2D eigenvalue weighted by Gasteiger charge is -2.19. The maximum absolute atomic E-state index is 12.7. The Bertz CT molecular complexity index is 710. The van der Waals surface area contributed by atoms with E-state index in [-0.39, 0.29) is 12.1 Å². The third-order valence-electron chi connectivity index (χ3n) is 3.67. The van der Waals surface area contributed by atoms with Gasteiger partial charge in [-0.3, -0.25) is 4.79 Å². The molecule has 0 saturated carbocycles. The largest absolute Gasteiger partial charge is 0.491 e. The summed E-state index contributed by atoms with van der Waals surface area (Å²) >= 11 is 6.11. The van der Waals surface area contributed by atoms with E-state index in [0.717, 1.165) is 30.3 Å². The fraction of sp³-hybridized carbons (Fsp3) is 0.471. The van der Waals surface area contributed by atoms with Gasteiger partial charge in [0, 0.05) is 23.5 Å². The number of benzene rings is 1. The van der Waals surface area contributed by atoms with Crippen molar-refractivity contribution in [2.24, 2.45) is 5.73 Å². The SMILES string of the molecule is CCCCOc1c(CN)n(CCC)c(=O)c2ccc(Cl)cc12. The Morgan fingerprint density at radius 1 is 1.23 bits per heavy atom. The Morgan fingerprint density at radius 2 is 2.00 bits per heavy atom. The summed E-state index contributed by atoms with van der Waals surface area (Å²) < 4.78 is 7.71. The van der Waals surface area contributed by atoms with Crippen molar-refractivity contribution in [1.29, 1.82) is 0 Å². The molecule has 0 spiro atoms. The maximum Gasteiger partial charge on any atom is 0.258 e. The number of fused-ring (bicyclic) bond motifs is 1. The molecule has 0 aliphatic carbocycles. The van der Waals surface area contributed by atoms with Gasteiger partial charge in [-0.15, -0.1) is 0 Å². The maximum atomic E-state index is 12.7. The number of aromatic nitrogens is 1. The molecule has 0 aliphatic heterocycles. The van der Waals surface area contributed by atoms with Gasteiger partial charge in [0.15, 0.2) is 0 Å². The molecular weight excluding hydrogens is 300 g/mol. The van der Waals surface area contributed by atoms with E-state index < -0.39 is 0 Å². The molecule has 0 aliphatic rings. The number of hydrogen-bond acceptors (Lipinski definition) is 3. The molecule has 120 valence electrons. The number of pyridine rings is 1. The van der Waals surface area contributed by atoms with Crippen LogP contribution in [0.25, 0.3) is 10.8 Å². The number of hydrogen-bond donors (Lipinski definition) is 1. The molecule has 4 nitrogen and oxygen atoms in total. The van der Waals surface area contributed by atoms with Crippen LogP contribution in [0.2, 0.25) is 5.02 Å². The second-order valence-corrected chi connectivity index (χ2v) is 5.77. The normalized spacial score (nSPS) is 11.1. The van der Waals surface area contributed by atoms with Crippen molar-refractivity contribution in [1.82, 2.24) is 4.57 Å². The summed E-state index contributed by atoms with van der Waals surface area (Å²) in [6, 6.07) is 5.29. The van der Waals surface area contributed by atoms with Gasteiger partial charge in [-0.05, 0) is 31.0 Å². The van der Waals surface area contributed by atoms with E-state index in [4.69, 9.17) is 22.1 Å². The van der Waals surface area contributed by atoms with Crippen LogP contribution in [-0.2, 0) is 13.1 Å². The second kappa shape index (κ2) is 7.65. The first kappa shape index (κ1) is 16.8. The Labute approximate surface area is 135 Å². The smallest absolute Gasteiger partial charge is 0.258 e. The molecule has 22 heavy (non-hydrogen) atoms. The van der Waals surface area contributed by atoms with E-state index >= 15 is 0 Å². The summed E-state index contributed by atoms with van der Waals surface area (Å²) in [6.45, 7) is 5.65. The number of rotatable bonds is 7. The van der Waals surface area contributed by atoms with Crippen LogP contribution in [0, 0.1) is 0 Å². The summed E-state index contributed by atoms with van der Waals surface area (Å²) in [7, 11) is 0. The third-order valence-corrected chi connectivity index (χ3v) is 3.91. The number of ether oxygens (including phenoxy) is 1. The first-order valence-corrected chi connectivity index (χ1v) is 8.19. The van der Waals surface area contributed by atoms with Crippen molar-refractivity contribution in [2.45, 2.75) is 46.2 Å². The predicted molar refractivity (Wildman–Crippen MR) is 91.8 cm³/mol. The minimum absolute atomic E-state index is 0.0307. The molecule has 1 aromatic carbocycles. The Kier molecular flexibility index (Phi) is 5.86. The van der Waals surface area contributed by atoms with Gasteiger partial charge in [0.25, 0.3) is 5.56 Å². The Morgan fingerprint density at radius 3 is 2.64 bits per heavy atom. The second-order valence-electron chi connectivity index (χ2n) is 5.33. The van der Waals surface area contributed by atoms with Gasteiger partial charge in [-0.1, -0.05) is 31.9 Å². The highest BCUT2D eigenvalue weighted by Crippen LogP contribution is 2.30. The minimum atomic E-state index is -0.0307. The molecule has 2 rings (SSSR count). The van der Waals surface area contributed by atoms with Crippen LogP contribution in [0.4, 0.5) is 0 Å². The van der Waals surface area contributed by atoms with Crippen LogP contribution in [0.5, 0.6) is 5.75 Å². The third kappa shape index (κ3) is 3.28. The van der Waals surface area contributed by atoms with E-state index in [2.05, 4.69) is 6.92 Å². The lowest BCUT2D eigenvalue weighted by molar-refractivity contribution is 0.305. The van der Waals surface area contributed by atoms with Gasteiger partial charge in [0.2, 0.25) is 0 Å². The van der Waals surface area contributed by atoms with Crippen LogP contribution in [0.3, 0.4) is 0 Å². The molecule has 0 unspecified atom stereocenters. The minimum Gasteiger partial charge on any atom is -0.491 e. The summed E-state index contributed by atoms with van der Waals surface area (Å²) in [5.74, 6) is 0.696. The summed E-state index contributed by atoms with van der Waals surface area (Å²) in [4.78, 5) is 12.7. The number of nitrogens with zero attached hydrogens (tertiary/aromatic N) is 1. The molecule has 2 N–H and O–H groups in total. The first-order chi connectivity index (χ1) is 10.6. The zero-order valence-corrected chi connectivity index (χ0v) is 13.9.